The highest BCUT2D eigenvalue weighted by molar-refractivity contribution is 5.97. The lowest BCUT2D eigenvalue weighted by Gasteiger charge is -2.13. The first-order valence-electron chi connectivity index (χ1n) is 8.16. The minimum atomic E-state index is -0.952. The Morgan fingerprint density at radius 2 is 1.72 bits per heavy atom. The van der Waals surface area contributed by atoms with Gasteiger partial charge in [0, 0.05) is 16.9 Å². The van der Waals surface area contributed by atoms with Crippen molar-refractivity contribution in [1.82, 2.24) is 4.98 Å². The van der Waals surface area contributed by atoms with Gasteiger partial charge in [0.1, 0.15) is 5.69 Å². The molecule has 0 aliphatic rings. The van der Waals surface area contributed by atoms with Crippen LogP contribution in [0, 0.1) is 20.8 Å². The van der Waals surface area contributed by atoms with E-state index >= 15 is 0 Å². The summed E-state index contributed by atoms with van der Waals surface area (Å²) in [7, 11) is 0. The topological polar surface area (TPSA) is 91.4 Å². The van der Waals surface area contributed by atoms with Crippen LogP contribution in [0.15, 0.2) is 24.3 Å². The molecule has 2 aromatic rings. The summed E-state index contributed by atoms with van der Waals surface area (Å²) < 4.78 is 5.26. The number of aromatic nitrogens is 1. The van der Waals surface area contributed by atoms with Gasteiger partial charge < -0.3 is 20.1 Å². The maximum atomic E-state index is 12.4. The van der Waals surface area contributed by atoms with Crippen LogP contribution in [0.25, 0.3) is 0 Å². The van der Waals surface area contributed by atoms with Crippen molar-refractivity contribution in [3.05, 3.63) is 52.3 Å². The lowest BCUT2D eigenvalue weighted by Crippen LogP contribution is -2.30. The highest BCUT2D eigenvalue weighted by atomic mass is 16.5. The van der Waals surface area contributed by atoms with E-state index in [0.29, 0.717) is 22.5 Å². The summed E-state index contributed by atoms with van der Waals surface area (Å²) in [6.07, 6.45) is -1.65. The summed E-state index contributed by atoms with van der Waals surface area (Å²) in [5, 5.41) is 12.5. The monoisotopic (exact) mass is 344 g/mol. The highest BCUT2D eigenvalue weighted by Crippen LogP contribution is 2.25. The second kappa shape index (κ2) is 7.53. The van der Waals surface area contributed by atoms with E-state index in [9.17, 15) is 14.7 Å². The van der Waals surface area contributed by atoms with Crippen LogP contribution in [0.5, 0.6) is 0 Å². The number of hydrogen-bond acceptors (Lipinski definition) is 4. The molecule has 0 radical (unpaired) electrons. The lowest BCUT2D eigenvalue weighted by atomic mass is 10.1. The molecule has 1 aromatic carbocycles. The number of ether oxygens (including phenoxy) is 1. The second-order valence-corrected chi connectivity index (χ2v) is 6.24. The van der Waals surface area contributed by atoms with E-state index in [-0.39, 0.29) is 5.69 Å². The van der Waals surface area contributed by atoms with Gasteiger partial charge in [-0.2, -0.15) is 0 Å². The molecule has 6 heteroatoms. The molecule has 1 heterocycles. The molecule has 0 saturated heterocycles. The molecule has 0 aliphatic heterocycles. The van der Waals surface area contributed by atoms with Gasteiger partial charge in [-0.25, -0.2) is 4.79 Å². The quantitative estimate of drug-likeness (QED) is 0.727. The summed E-state index contributed by atoms with van der Waals surface area (Å²) in [6.45, 7) is 8.62. The number of amides is 1. The van der Waals surface area contributed by atoms with E-state index < -0.39 is 24.1 Å². The maximum absolute atomic E-state index is 12.4. The zero-order chi connectivity index (χ0) is 18.7. The molecule has 2 atom stereocenters. The van der Waals surface area contributed by atoms with E-state index in [1.165, 1.54) is 6.92 Å². The number of anilines is 1. The number of carbonyl (C=O) groups is 2. The van der Waals surface area contributed by atoms with Crippen LogP contribution >= 0.6 is 0 Å². The van der Waals surface area contributed by atoms with Gasteiger partial charge in [0.15, 0.2) is 6.10 Å². The average molecular weight is 344 g/mol. The van der Waals surface area contributed by atoms with Gasteiger partial charge in [-0.05, 0) is 52.3 Å². The normalized spacial score (nSPS) is 13.2. The Labute approximate surface area is 147 Å². The SMILES string of the molecule is Cc1ccc(NC(=O)[C@@H](C)OC(=O)c2[nH]c(C)c([C@H](C)O)c2C)cc1. The Hall–Kier alpha value is -2.60. The van der Waals surface area contributed by atoms with Crippen molar-refractivity contribution >= 4 is 17.6 Å². The zero-order valence-electron chi connectivity index (χ0n) is 15.1. The first-order chi connectivity index (χ1) is 11.7. The van der Waals surface area contributed by atoms with Gasteiger partial charge in [0.05, 0.1) is 6.10 Å². The lowest BCUT2D eigenvalue weighted by molar-refractivity contribution is -0.123. The molecule has 0 aliphatic carbocycles. The molecule has 25 heavy (non-hydrogen) atoms. The first-order valence-corrected chi connectivity index (χ1v) is 8.16. The van der Waals surface area contributed by atoms with E-state index in [1.54, 1.807) is 32.9 Å². The Bertz CT molecular complexity index is 775. The third-order valence-corrected chi connectivity index (χ3v) is 4.09. The molecule has 6 nitrogen and oxygen atoms in total. The minimum absolute atomic E-state index is 0.253. The summed E-state index contributed by atoms with van der Waals surface area (Å²) in [5.74, 6) is -1.03. The summed E-state index contributed by atoms with van der Waals surface area (Å²) in [6, 6.07) is 7.34. The Balaban J connectivity index is 2.06. The largest absolute Gasteiger partial charge is 0.448 e. The number of carbonyl (C=O) groups excluding carboxylic acids is 2. The molecular formula is C19H24N2O4. The fraction of sp³-hybridized carbons (Fsp3) is 0.368. The smallest absolute Gasteiger partial charge is 0.355 e. The average Bonchev–Trinajstić information content (AvgIpc) is 2.84. The van der Waals surface area contributed by atoms with Crippen LogP contribution in [-0.2, 0) is 9.53 Å². The third-order valence-electron chi connectivity index (χ3n) is 4.09. The molecule has 0 bridgehead atoms. The number of aliphatic hydroxyl groups is 1. The number of H-pyrrole nitrogens is 1. The van der Waals surface area contributed by atoms with Crippen LogP contribution in [0.1, 0.15) is 52.8 Å². The number of rotatable bonds is 5. The number of benzene rings is 1. The molecule has 1 amide bonds. The summed E-state index contributed by atoms with van der Waals surface area (Å²) in [5.41, 5.74) is 3.98. The van der Waals surface area contributed by atoms with Crippen molar-refractivity contribution in [3.8, 4) is 0 Å². The van der Waals surface area contributed by atoms with Gasteiger partial charge in [0.25, 0.3) is 5.91 Å². The van der Waals surface area contributed by atoms with Crippen LogP contribution in [0.4, 0.5) is 5.69 Å². The fourth-order valence-electron chi connectivity index (χ4n) is 2.75. The molecule has 2 rings (SSSR count). The minimum Gasteiger partial charge on any atom is -0.448 e. The van der Waals surface area contributed by atoms with Gasteiger partial charge in [-0.15, -0.1) is 0 Å². The number of aryl methyl sites for hydroxylation is 2. The zero-order valence-corrected chi connectivity index (χ0v) is 15.1. The molecule has 3 N–H and O–H groups in total. The second-order valence-electron chi connectivity index (χ2n) is 6.24. The van der Waals surface area contributed by atoms with Gasteiger partial charge in [-0.3, -0.25) is 4.79 Å². The summed E-state index contributed by atoms with van der Waals surface area (Å²) in [4.78, 5) is 27.5. The molecule has 1 aromatic heterocycles. The third kappa shape index (κ3) is 4.28. The van der Waals surface area contributed by atoms with Gasteiger partial charge in [-0.1, -0.05) is 17.7 Å². The Morgan fingerprint density at radius 1 is 1.12 bits per heavy atom. The van der Waals surface area contributed by atoms with Crippen molar-refractivity contribution in [2.24, 2.45) is 0 Å². The number of esters is 1. The highest BCUT2D eigenvalue weighted by Gasteiger charge is 2.24. The van der Waals surface area contributed by atoms with Crippen molar-refractivity contribution in [2.45, 2.75) is 46.8 Å². The molecule has 0 fully saturated rings. The number of aromatic amines is 1. The molecule has 134 valence electrons. The number of nitrogens with one attached hydrogen (secondary N) is 2. The standard InChI is InChI=1S/C19H24N2O4/c1-10-6-8-15(9-7-10)21-18(23)14(5)25-19(24)17-11(2)16(13(4)22)12(3)20-17/h6-9,13-14,20,22H,1-5H3,(H,21,23)/t13-,14+/m0/s1. The predicted octanol–water partition coefficient (Wildman–Crippen LogP) is 3.18. The van der Waals surface area contributed by atoms with Crippen LogP contribution in [0.3, 0.4) is 0 Å². The fourth-order valence-corrected chi connectivity index (χ4v) is 2.75. The Morgan fingerprint density at radius 3 is 2.24 bits per heavy atom. The van der Waals surface area contributed by atoms with Crippen molar-refractivity contribution in [1.29, 1.82) is 0 Å². The number of aliphatic hydroxyl groups excluding tert-OH is 1. The molecule has 0 spiro atoms. The van der Waals surface area contributed by atoms with Crippen molar-refractivity contribution in [2.75, 3.05) is 5.32 Å². The maximum Gasteiger partial charge on any atom is 0.355 e. The predicted molar refractivity (Wildman–Crippen MR) is 95.6 cm³/mol. The van der Waals surface area contributed by atoms with Crippen LogP contribution in [0.2, 0.25) is 0 Å². The Kier molecular flexibility index (Phi) is 5.64. The van der Waals surface area contributed by atoms with E-state index in [4.69, 9.17) is 4.74 Å². The van der Waals surface area contributed by atoms with Crippen molar-refractivity contribution in [3.63, 3.8) is 0 Å². The van der Waals surface area contributed by atoms with E-state index in [2.05, 4.69) is 10.3 Å². The molecular weight excluding hydrogens is 320 g/mol. The molecule has 0 unspecified atom stereocenters. The van der Waals surface area contributed by atoms with E-state index in [1.807, 2.05) is 19.1 Å². The number of hydrogen-bond donors (Lipinski definition) is 3. The van der Waals surface area contributed by atoms with Gasteiger partial charge in [0.2, 0.25) is 0 Å². The van der Waals surface area contributed by atoms with Gasteiger partial charge >= 0.3 is 5.97 Å². The van der Waals surface area contributed by atoms with Crippen LogP contribution < -0.4 is 5.32 Å². The van der Waals surface area contributed by atoms with Crippen molar-refractivity contribution < 1.29 is 19.4 Å². The summed E-state index contributed by atoms with van der Waals surface area (Å²) >= 11 is 0. The molecule has 0 saturated carbocycles. The van der Waals surface area contributed by atoms with Crippen LogP contribution in [-0.4, -0.2) is 28.1 Å². The van der Waals surface area contributed by atoms with E-state index in [0.717, 1.165) is 5.56 Å². The first kappa shape index (κ1) is 18.7.